The van der Waals surface area contributed by atoms with Gasteiger partial charge in [0.1, 0.15) is 0 Å². The van der Waals surface area contributed by atoms with Crippen molar-refractivity contribution in [2.75, 3.05) is 5.73 Å². The summed E-state index contributed by atoms with van der Waals surface area (Å²) in [5.41, 5.74) is 7.36. The van der Waals surface area contributed by atoms with E-state index in [4.69, 9.17) is 10.5 Å². The molecule has 0 aliphatic rings. The van der Waals surface area contributed by atoms with Crippen molar-refractivity contribution in [2.45, 2.75) is 19.4 Å². The van der Waals surface area contributed by atoms with Crippen molar-refractivity contribution in [3.8, 4) is 0 Å². The number of hydrogen-bond donors (Lipinski definition) is 1. The number of aryl methyl sites for hydroxylation is 1. The first-order valence-corrected chi connectivity index (χ1v) is 6.00. The molecule has 0 unspecified atom stereocenters. The number of aromatic nitrogens is 2. The van der Waals surface area contributed by atoms with Crippen LogP contribution in [0.4, 0.5) is 5.69 Å². The Morgan fingerprint density at radius 2 is 1.84 bits per heavy atom. The second-order valence-corrected chi connectivity index (χ2v) is 4.07. The summed E-state index contributed by atoms with van der Waals surface area (Å²) in [6.07, 6.45) is 4.20. The lowest BCUT2D eigenvalue weighted by molar-refractivity contribution is -0.145. The molecule has 19 heavy (non-hydrogen) atoms. The lowest BCUT2D eigenvalue weighted by atomic mass is 10.1. The molecule has 0 aliphatic heterocycles. The van der Waals surface area contributed by atoms with Crippen LogP contribution >= 0.6 is 0 Å². The highest BCUT2D eigenvalue weighted by Gasteiger charge is 2.05. The van der Waals surface area contributed by atoms with E-state index in [1.807, 2.05) is 24.3 Å². The van der Waals surface area contributed by atoms with Crippen LogP contribution in [0.1, 0.15) is 17.8 Å². The Bertz CT molecular complexity index is 526. The van der Waals surface area contributed by atoms with Gasteiger partial charge in [0.15, 0.2) is 12.4 Å². The highest BCUT2D eigenvalue weighted by molar-refractivity contribution is 5.69. The van der Waals surface area contributed by atoms with Crippen LogP contribution in [0.15, 0.2) is 42.7 Å². The highest BCUT2D eigenvalue weighted by Crippen LogP contribution is 2.08. The van der Waals surface area contributed by atoms with E-state index >= 15 is 0 Å². The number of carbonyl (C=O) groups is 1. The largest absolute Gasteiger partial charge is 0.457 e. The highest BCUT2D eigenvalue weighted by atomic mass is 16.5. The fraction of sp³-hybridized carbons (Fsp3) is 0.214. The monoisotopic (exact) mass is 257 g/mol. The molecule has 0 saturated carbocycles. The zero-order valence-electron chi connectivity index (χ0n) is 10.5. The van der Waals surface area contributed by atoms with E-state index in [0.717, 1.165) is 5.56 Å². The molecule has 1 aromatic carbocycles. The van der Waals surface area contributed by atoms with E-state index in [0.29, 0.717) is 24.4 Å². The average molecular weight is 257 g/mol. The van der Waals surface area contributed by atoms with Crippen molar-refractivity contribution in [1.82, 2.24) is 9.97 Å². The normalized spacial score (nSPS) is 10.1. The number of anilines is 1. The topological polar surface area (TPSA) is 78.1 Å². The van der Waals surface area contributed by atoms with Gasteiger partial charge in [-0.1, -0.05) is 12.1 Å². The van der Waals surface area contributed by atoms with Gasteiger partial charge in [-0.05, 0) is 30.2 Å². The summed E-state index contributed by atoms with van der Waals surface area (Å²) in [5, 5.41) is 0. The number of carbonyl (C=O) groups excluding carboxylic acids is 1. The van der Waals surface area contributed by atoms with E-state index < -0.39 is 0 Å². The van der Waals surface area contributed by atoms with Gasteiger partial charge in [0, 0.05) is 24.5 Å². The maximum atomic E-state index is 11.6. The minimum Gasteiger partial charge on any atom is -0.457 e. The molecular formula is C14H15N3O2. The molecule has 0 radical (unpaired) electrons. The zero-order valence-corrected chi connectivity index (χ0v) is 10.5. The van der Waals surface area contributed by atoms with Crippen molar-refractivity contribution in [1.29, 1.82) is 0 Å². The Hall–Kier alpha value is -2.43. The van der Waals surface area contributed by atoms with Gasteiger partial charge in [0.05, 0.1) is 0 Å². The smallest absolute Gasteiger partial charge is 0.306 e. The molecule has 0 aliphatic carbocycles. The van der Waals surface area contributed by atoms with Gasteiger partial charge in [0.2, 0.25) is 0 Å². The standard InChI is InChI=1S/C14H15N3O2/c15-12-5-2-11(3-6-12)4-7-14(18)19-10-13-16-8-1-9-17-13/h1-3,5-6,8-9H,4,7,10,15H2. The summed E-state index contributed by atoms with van der Waals surface area (Å²) in [6, 6.07) is 9.16. The molecule has 2 rings (SSSR count). The molecule has 0 bridgehead atoms. The predicted molar refractivity (Wildman–Crippen MR) is 71.0 cm³/mol. The van der Waals surface area contributed by atoms with Crippen molar-refractivity contribution in [3.63, 3.8) is 0 Å². The van der Waals surface area contributed by atoms with Gasteiger partial charge in [-0.15, -0.1) is 0 Å². The summed E-state index contributed by atoms with van der Waals surface area (Å²) < 4.78 is 5.08. The number of ether oxygens (including phenoxy) is 1. The number of rotatable bonds is 5. The number of esters is 1. The van der Waals surface area contributed by atoms with Gasteiger partial charge < -0.3 is 10.5 Å². The number of nitrogen functional groups attached to an aromatic ring is 1. The number of benzene rings is 1. The third-order valence-corrected chi connectivity index (χ3v) is 2.58. The second-order valence-electron chi connectivity index (χ2n) is 4.07. The molecule has 0 spiro atoms. The molecule has 0 atom stereocenters. The maximum absolute atomic E-state index is 11.6. The van der Waals surface area contributed by atoms with Crippen LogP contribution in [0.5, 0.6) is 0 Å². The van der Waals surface area contributed by atoms with Crippen LogP contribution in [-0.4, -0.2) is 15.9 Å². The predicted octanol–water partition coefficient (Wildman–Crippen LogP) is 1.73. The quantitative estimate of drug-likeness (QED) is 0.652. The van der Waals surface area contributed by atoms with Crippen LogP contribution in [0, 0.1) is 0 Å². The Morgan fingerprint density at radius 3 is 2.53 bits per heavy atom. The van der Waals surface area contributed by atoms with E-state index in [-0.39, 0.29) is 12.6 Å². The van der Waals surface area contributed by atoms with Gasteiger partial charge in [-0.2, -0.15) is 0 Å². The molecule has 5 nitrogen and oxygen atoms in total. The average Bonchev–Trinajstić information content (AvgIpc) is 2.45. The fourth-order valence-electron chi connectivity index (χ4n) is 1.55. The van der Waals surface area contributed by atoms with Gasteiger partial charge in [-0.3, -0.25) is 4.79 Å². The molecule has 2 N–H and O–H groups in total. The van der Waals surface area contributed by atoms with Crippen molar-refractivity contribution < 1.29 is 9.53 Å². The first-order valence-electron chi connectivity index (χ1n) is 6.00. The van der Waals surface area contributed by atoms with Crippen LogP contribution in [0.25, 0.3) is 0 Å². The zero-order chi connectivity index (χ0) is 13.5. The maximum Gasteiger partial charge on any atom is 0.306 e. The van der Waals surface area contributed by atoms with Crippen LogP contribution < -0.4 is 5.73 Å². The van der Waals surface area contributed by atoms with Crippen molar-refractivity contribution in [2.24, 2.45) is 0 Å². The fourth-order valence-corrected chi connectivity index (χ4v) is 1.55. The van der Waals surface area contributed by atoms with E-state index in [2.05, 4.69) is 9.97 Å². The Balaban J connectivity index is 1.74. The minimum atomic E-state index is -0.260. The van der Waals surface area contributed by atoms with E-state index in [9.17, 15) is 4.79 Å². The first kappa shape index (κ1) is 13.0. The molecule has 0 saturated heterocycles. The molecular weight excluding hydrogens is 242 g/mol. The van der Waals surface area contributed by atoms with Crippen molar-refractivity contribution in [3.05, 3.63) is 54.1 Å². The van der Waals surface area contributed by atoms with E-state index in [1.54, 1.807) is 18.5 Å². The van der Waals surface area contributed by atoms with E-state index in [1.165, 1.54) is 0 Å². The van der Waals surface area contributed by atoms with Gasteiger partial charge in [-0.25, -0.2) is 9.97 Å². The second kappa shape index (κ2) is 6.49. The van der Waals surface area contributed by atoms with Crippen LogP contribution in [-0.2, 0) is 22.6 Å². The molecule has 1 heterocycles. The third kappa shape index (κ3) is 4.39. The van der Waals surface area contributed by atoms with Crippen LogP contribution in [0.3, 0.4) is 0 Å². The summed E-state index contributed by atoms with van der Waals surface area (Å²) in [7, 11) is 0. The summed E-state index contributed by atoms with van der Waals surface area (Å²) in [5.74, 6) is 0.243. The summed E-state index contributed by atoms with van der Waals surface area (Å²) in [6.45, 7) is 0.113. The third-order valence-electron chi connectivity index (χ3n) is 2.58. The number of hydrogen-bond acceptors (Lipinski definition) is 5. The van der Waals surface area contributed by atoms with Crippen molar-refractivity contribution >= 4 is 11.7 Å². The SMILES string of the molecule is Nc1ccc(CCC(=O)OCc2ncccn2)cc1. The molecule has 5 heteroatoms. The Labute approximate surface area is 111 Å². The number of nitrogens with zero attached hydrogens (tertiary/aromatic N) is 2. The summed E-state index contributed by atoms with van der Waals surface area (Å²) in [4.78, 5) is 19.5. The lowest BCUT2D eigenvalue weighted by Gasteiger charge is -2.04. The van der Waals surface area contributed by atoms with Gasteiger partial charge in [0.25, 0.3) is 0 Å². The summed E-state index contributed by atoms with van der Waals surface area (Å²) >= 11 is 0. The molecule has 0 fully saturated rings. The Morgan fingerprint density at radius 1 is 1.16 bits per heavy atom. The number of nitrogens with two attached hydrogens (primary N) is 1. The Kier molecular flexibility index (Phi) is 4.44. The minimum absolute atomic E-state index is 0.113. The molecule has 2 aromatic rings. The lowest BCUT2D eigenvalue weighted by Crippen LogP contribution is -2.07. The van der Waals surface area contributed by atoms with Gasteiger partial charge >= 0.3 is 5.97 Å². The first-order chi connectivity index (χ1) is 9.24. The molecule has 1 aromatic heterocycles. The van der Waals surface area contributed by atoms with Crippen LogP contribution in [0.2, 0.25) is 0 Å². The molecule has 98 valence electrons. The molecule has 0 amide bonds.